The standard InChI is InChI=1S/C21H26O2.C8H9NO2.C4H10/c1-5-9-17(4)19-12-20(14-21(13-19)23-16(2)3)22-15-18-10-7-6-8-11-18;1-6-3-4-7(5-9-6)8(10)11-2;1-3-4-2/h6-14,16H,5,15H2,1-4H3;3-5H,1-2H3;3-4H2,1-2H3/b17-9-;;. The first kappa shape index (κ1) is 32.4. The van der Waals surface area contributed by atoms with Crippen molar-refractivity contribution < 1.29 is 19.0 Å². The summed E-state index contributed by atoms with van der Waals surface area (Å²) in [5.74, 6) is 1.34. The fourth-order valence-corrected chi connectivity index (χ4v) is 3.09. The number of rotatable bonds is 9. The van der Waals surface area contributed by atoms with Gasteiger partial charge in [-0.05, 0) is 75.1 Å². The highest BCUT2D eigenvalue weighted by atomic mass is 16.5. The molecule has 0 aliphatic carbocycles. The van der Waals surface area contributed by atoms with Gasteiger partial charge in [0.2, 0.25) is 0 Å². The average Bonchev–Trinajstić information content (AvgIpc) is 2.92. The summed E-state index contributed by atoms with van der Waals surface area (Å²) in [6.07, 6.45) is 7.51. The lowest BCUT2D eigenvalue weighted by Crippen LogP contribution is -2.06. The van der Waals surface area contributed by atoms with Crippen LogP contribution in [0.15, 0.2) is 72.9 Å². The van der Waals surface area contributed by atoms with Gasteiger partial charge in [0.1, 0.15) is 18.1 Å². The summed E-state index contributed by atoms with van der Waals surface area (Å²) in [6, 6.07) is 19.8. The Bertz CT molecular complexity index is 1090. The van der Waals surface area contributed by atoms with Gasteiger partial charge in [0.25, 0.3) is 0 Å². The summed E-state index contributed by atoms with van der Waals surface area (Å²) in [5, 5.41) is 0. The smallest absolute Gasteiger partial charge is 0.339 e. The molecule has 3 rings (SSSR count). The highest BCUT2D eigenvalue weighted by Crippen LogP contribution is 2.28. The second kappa shape index (κ2) is 18.6. The first-order chi connectivity index (χ1) is 18.2. The molecule has 5 nitrogen and oxygen atoms in total. The number of pyridine rings is 1. The second-order valence-corrected chi connectivity index (χ2v) is 9.11. The Morgan fingerprint density at radius 2 is 1.58 bits per heavy atom. The van der Waals surface area contributed by atoms with E-state index in [2.05, 4.69) is 67.8 Å². The van der Waals surface area contributed by atoms with Crippen molar-refractivity contribution in [3.8, 4) is 11.5 Å². The zero-order chi connectivity index (χ0) is 28.3. The molecule has 0 aliphatic heterocycles. The predicted octanol–water partition coefficient (Wildman–Crippen LogP) is 8.85. The lowest BCUT2D eigenvalue weighted by atomic mass is 10.1. The molecular weight excluding hydrogens is 474 g/mol. The quantitative estimate of drug-likeness (QED) is 0.264. The highest BCUT2D eigenvalue weighted by Gasteiger charge is 2.07. The van der Waals surface area contributed by atoms with Gasteiger partial charge in [-0.15, -0.1) is 0 Å². The Labute approximate surface area is 229 Å². The van der Waals surface area contributed by atoms with Crippen LogP contribution < -0.4 is 9.47 Å². The number of carbonyl (C=O) groups is 1. The number of ether oxygens (including phenoxy) is 3. The minimum atomic E-state index is -0.350. The van der Waals surface area contributed by atoms with Crippen LogP contribution in [0.5, 0.6) is 11.5 Å². The summed E-state index contributed by atoms with van der Waals surface area (Å²) in [4.78, 5) is 14.8. The first-order valence-corrected chi connectivity index (χ1v) is 13.4. The van der Waals surface area contributed by atoms with Crippen molar-refractivity contribution in [2.75, 3.05) is 7.11 Å². The molecule has 0 fully saturated rings. The number of methoxy groups -OCH3 is 1. The molecule has 0 saturated heterocycles. The maximum Gasteiger partial charge on any atom is 0.339 e. The van der Waals surface area contributed by atoms with Gasteiger partial charge < -0.3 is 14.2 Å². The number of aromatic nitrogens is 1. The van der Waals surface area contributed by atoms with Gasteiger partial charge in [0.15, 0.2) is 0 Å². The van der Waals surface area contributed by atoms with Crippen molar-refractivity contribution in [3.63, 3.8) is 0 Å². The van der Waals surface area contributed by atoms with E-state index in [1.54, 1.807) is 12.1 Å². The van der Waals surface area contributed by atoms with Crippen molar-refractivity contribution in [1.29, 1.82) is 0 Å². The molecule has 2 aromatic carbocycles. The van der Waals surface area contributed by atoms with Crippen LogP contribution in [0.3, 0.4) is 0 Å². The Morgan fingerprint density at radius 1 is 0.921 bits per heavy atom. The van der Waals surface area contributed by atoms with Gasteiger partial charge in [0, 0.05) is 18.0 Å². The minimum Gasteiger partial charge on any atom is -0.491 e. The fourth-order valence-electron chi connectivity index (χ4n) is 3.09. The van der Waals surface area contributed by atoms with E-state index in [-0.39, 0.29) is 12.1 Å². The average molecular weight is 520 g/mol. The van der Waals surface area contributed by atoms with Crippen molar-refractivity contribution >= 4 is 11.5 Å². The van der Waals surface area contributed by atoms with E-state index in [4.69, 9.17) is 9.47 Å². The highest BCUT2D eigenvalue weighted by molar-refractivity contribution is 5.88. The summed E-state index contributed by atoms with van der Waals surface area (Å²) >= 11 is 0. The minimum absolute atomic E-state index is 0.141. The van der Waals surface area contributed by atoms with Crippen LogP contribution in [0.4, 0.5) is 0 Å². The third-order valence-electron chi connectivity index (χ3n) is 5.30. The molecule has 0 atom stereocenters. The number of hydrogen-bond acceptors (Lipinski definition) is 5. The van der Waals surface area contributed by atoms with Crippen molar-refractivity contribution in [2.45, 2.75) is 80.4 Å². The van der Waals surface area contributed by atoms with Crippen molar-refractivity contribution in [3.05, 3.63) is 95.3 Å². The third-order valence-corrected chi connectivity index (χ3v) is 5.30. The molecule has 0 bridgehead atoms. The summed E-state index contributed by atoms with van der Waals surface area (Å²) in [6.45, 7) is 15.1. The number of nitrogens with zero attached hydrogens (tertiary/aromatic N) is 1. The van der Waals surface area contributed by atoms with Crippen LogP contribution >= 0.6 is 0 Å². The summed E-state index contributed by atoms with van der Waals surface area (Å²) < 4.78 is 16.3. The molecule has 38 heavy (non-hydrogen) atoms. The maximum atomic E-state index is 10.9. The van der Waals surface area contributed by atoms with Crippen molar-refractivity contribution in [2.24, 2.45) is 0 Å². The van der Waals surface area contributed by atoms with E-state index in [0.717, 1.165) is 34.7 Å². The Balaban J connectivity index is 0.000000398. The molecule has 5 heteroatoms. The van der Waals surface area contributed by atoms with E-state index < -0.39 is 0 Å². The molecule has 0 N–H and O–H groups in total. The van der Waals surface area contributed by atoms with Crippen LogP contribution in [-0.2, 0) is 11.3 Å². The van der Waals surface area contributed by atoms with E-state index in [0.29, 0.717) is 12.2 Å². The maximum absolute atomic E-state index is 10.9. The Kier molecular flexibility index (Phi) is 15.9. The lowest BCUT2D eigenvalue weighted by Gasteiger charge is -2.15. The van der Waals surface area contributed by atoms with E-state index >= 15 is 0 Å². The van der Waals surface area contributed by atoms with Gasteiger partial charge in [-0.1, -0.05) is 70.0 Å². The number of unbranched alkanes of at least 4 members (excludes halogenated alkanes) is 1. The largest absolute Gasteiger partial charge is 0.491 e. The van der Waals surface area contributed by atoms with Crippen LogP contribution in [0, 0.1) is 6.92 Å². The van der Waals surface area contributed by atoms with Crippen LogP contribution in [0.2, 0.25) is 0 Å². The lowest BCUT2D eigenvalue weighted by molar-refractivity contribution is 0.0600. The third kappa shape index (κ3) is 13.1. The summed E-state index contributed by atoms with van der Waals surface area (Å²) in [7, 11) is 1.35. The number of hydrogen-bond donors (Lipinski definition) is 0. The molecule has 0 radical (unpaired) electrons. The van der Waals surface area contributed by atoms with Crippen LogP contribution in [0.1, 0.15) is 88.0 Å². The molecule has 1 aromatic heterocycles. The molecule has 0 saturated carbocycles. The monoisotopic (exact) mass is 519 g/mol. The Morgan fingerprint density at radius 3 is 2.11 bits per heavy atom. The van der Waals surface area contributed by atoms with E-state index in [1.165, 1.54) is 31.7 Å². The topological polar surface area (TPSA) is 57.7 Å². The normalized spacial score (nSPS) is 10.5. The van der Waals surface area contributed by atoms with Crippen LogP contribution in [0.25, 0.3) is 5.57 Å². The van der Waals surface area contributed by atoms with Gasteiger partial charge >= 0.3 is 5.97 Å². The second-order valence-electron chi connectivity index (χ2n) is 9.11. The molecule has 3 aromatic rings. The van der Waals surface area contributed by atoms with Gasteiger partial charge in [0.05, 0.1) is 18.8 Å². The molecular formula is C33H45NO4. The Hall–Kier alpha value is -3.60. The number of benzene rings is 2. The summed E-state index contributed by atoms with van der Waals surface area (Å²) in [5.41, 5.74) is 4.92. The molecule has 0 aliphatic rings. The molecule has 0 unspecified atom stereocenters. The molecule has 0 spiro atoms. The number of esters is 1. The van der Waals surface area contributed by atoms with Crippen molar-refractivity contribution in [1.82, 2.24) is 4.98 Å². The molecule has 1 heterocycles. The molecule has 206 valence electrons. The zero-order valence-corrected chi connectivity index (χ0v) is 24.4. The van der Waals surface area contributed by atoms with Gasteiger partial charge in [-0.3, -0.25) is 4.98 Å². The van der Waals surface area contributed by atoms with Gasteiger partial charge in [-0.25, -0.2) is 4.79 Å². The van der Waals surface area contributed by atoms with E-state index in [1.807, 2.05) is 45.0 Å². The zero-order valence-electron chi connectivity index (χ0n) is 24.4. The SMILES string of the molecule is CC/C=C(/C)c1cc(OCc2ccccc2)cc(OC(C)C)c1.CCCC.COC(=O)c1ccc(C)nc1. The molecule has 0 amide bonds. The number of aryl methyl sites for hydroxylation is 1. The first-order valence-electron chi connectivity index (χ1n) is 13.4. The van der Waals surface area contributed by atoms with E-state index in [9.17, 15) is 4.79 Å². The predicted molar refractivity (Wildman–Crippen MR) is 158 cm³/mol. The van der Waals surface area contributed by atoms with Crippen LogP contribution in [-0.4, -0.2) is 24.2 Å². The van der Waals surface area contributed by atoms with Gasteiger partial charge in [-0.2, -0.15) is 0 Å². The fraction of sp³-hybridized carbons (Fsp3) is 0.394. The number of carbonyl (C=O) groups excluding carboxylic acids is 1. The number of allylic oxidation sites excluding steroid dienone is 2.